The largest absolute Gasteiger partial charge is 0.497 e. The molecule has 0 radical (unpaired) electrons. The van der Waals surface area contributed by atoms with Crippen molar-refractivity contribution in [1.82, 2.24) is 9.78 Å². The van der Waals surface area contributed by atoms with Crippen LogP contribution in [0.3, 0.4) is 0 Å². The van der Waals surface area contributed by atoms with Crippen molar-refractivity contribution >= 4 is 11.9 Å². The number of rotatable bonds is 6. The Morgan fingerprint density at radius 3 is 2.70 bits per heavy atom. The Hall–Kier alpha value is -3.61. The number of hydrogen-bond donors (Lipinski definition) is 0. The van der Waals surface area contributed by atoms with Crippen LogP contribution in [0.2, 0.25) is 0 Å². The smallest absolute Gasteiger partial charge is 0.347 e. The van der Waals surface area contributed by atoms with Gasteiger partial charge in [-0.15, -0.1) is 0 Å². The summed E-state index contributed by atoms with van der Waals surface area (Å²) in [6, 6.07) is 17.1. The number of esters is 2. The van der Waals surface area contributed by atoms with E-state index in [1.165, 1.54) is 0 Å². The summed E-state index contributed by atoms with van der Waals surface area (Å²) in [6.07, 6.45) is 0.822. The van der Waals surface area contributed by atoms with Gasteiger partial charge in [0, 0.05) is 18.2 Å². The van der Waals surface area contributed by atoms with Crippen molar-refractivity contribution in [1.29, 1.82) is 0 Å². The van der Waals surface area contributed by atoms with Crippen LogP contribution in [-0.2, 0) is 20.8 Å². The number of methoxy groups -OCH3 is 1. The van der Waals surface area contributed by atoms with Gasteiger partial charge >= 0.3 is 11.9 Å². The molecule has 3 aromatic rings. The van der Waals surface area contributed by atoms with Gasteiger partial charge in [0.25, 0.3) is 0 Å². The van der Waals surface area contributed by atoms with E-state index in [-0.39, 0.29) is 11.7 Å². The van der Waals surface area contributed by atoms with Gasteiger partial charge in [0.15, 0.2) is 0 Å². The summed E-state index contributed by atoms with van der Waals surface area (Å²) in [5.74, 6) is -0.476. The predicted octanol–water partition coefficient (Wildman–Crippen LogP) is 3.47. The molecule has 0 bridgehead atoms. The van der Waals surface area contributed by atoms with E-state index < -0.39 is 18.0 Å². The monoisotopic (exact) mass is 406 g/mol. The van der Waals surface area contributed by atoms with Crippen molar-refractivity contribution in [3.8, 4) is 17.0 Å². The molecule has 0 saturated carbocycles. The van der Waals surface area contributed by atoms with Crippen LogP contribution in [0.5, 0.6) is 5.75 Å². The molecule has 4 rings (SSSR count). The Bertz CT molecular complexity index is 1060. The highest BCUT2D eigenvalue weighted by Gasteiger charge is 2.36. The third-order valence-corrected chi connectivity index (χ3v) is 4.89. The van der Waals surface area contributed by atoms with E-state index in [1.54, 1.807) is 31.0 Å². The lowest BCUT2D eigenvalue weighted by molar-refractivity contribution is -0.147. The minimum absolute atomic E-state index is 0.269. The fourth-order valence-electron chi connectivity index (χ4n) is 3.41. The average molecular weight is 406 g/mol. The Labute approximate surface area is 174 Å². The molecule has 1 fully saturated rings. The molecular weight excluding hydrogens is 384 g/mol. The molecule has 2 heterocycles. The molecule has 154 valence electrons. The Morgan fingerprint density at radius 2 is 2.00 bits per heavy atom. The second-order valence-electron chi connectivity index (χ2n) is 7.18. The number of carbonyl (C=O) groups is 2. The Kier molecular flexibility index (Phi) is 5.52. The first-order chi connectivity index (χ1) is 14.5. The molecule has 0 aliphatic carbocycles. The van der Waals surface area contributed by atoms with E-state index in [2.05, 4.69) is 5.10 Å². The molecule has 30 heavy (non-hydrogen) atoms. The van der Waals surface area contributed by atoms with E-state index in [1.807, 2.05) is 48.5 Å². The number of aromatic nitrogens is 2. The number of hydrogen-bond acceptors (Lipinski definition) is 6. The summed E-state index contributed by atoms with van der Waals surface area (Å²) in [7, 11) is 1.58. The topological polar surface area (TPSA) is 79.7 Å². The van der Waals surface area contributed by atoms with E-state index in [0.29, 0.717) is 24.4 Å². The summed E-state index contributed by atoms with van der Waals surface area (Å²) in [5, 5.41) is 4.62. The van der Waals surface area contributed by atoms with Crippen LogP contribution in [0.25, 0.3) is 11.3 Å². The predicted molar refractivity (Wildman–Crippen MR) is 109 cm³/mol. The highest BCUT2D eigenvalue weighted by atomic mass is 16.6. The number of nitrogens with zero attached hydrogens (tertiary/aromatic N) is 2. The molecule has 1 aliphatic heterocycles. The van der Waals surface area contributed by atoms with Crippen LogP contribution in [0, 0.1) is 0 Å². The normalized spacial score (nSPS) is 18.1. The number of carbonyl (C=O) groups excluding carboxylic acids is 2. The first kappa shape index (κ1) is 19.7. The van der Waals surface area contributed by atoms with Gasteiger partial charge in [0.2, 0.25) is 6.10 Å². The van der Waals surface area contributed by atoms with Gasteiger partial charge in [-0.05, 0) is 24.6 Å². The standard InChI is InChI=1S/C23H22N2O5/c1-15-11-20(23(27)29-15)30-22(26)19-14-25(13-16-7-4-3-5-8-16)24-21(19)17-9-6-10-18(12-17)28-2/h3-10,12,14-15,20H,11,13H2,1-2H3. The first-order valence-corrected chi connectivity index (χ1v) is 9.71. The van der Waals surface area contributed by atoms with Crippen LogP contribution in [-0.4, -0.2) is 41.0 Å². The van der Waals surface area contributed by atoms with Crippen molar-refractivity contribution in [2.75, 3.05) is 7.11 Å². The second-order valence-corrected chi connectivity index (χ2v) is 7.18. The van der Waals surface area contributed by atoms with Crippen LogP contribution in [0.15, 0.2) is 60.8 Å². The highest BCUT2D eigenvalue weighted by Crippen LogP contribution is 2.28. The summed E-state index contributed by atoms with van der Waals surface area (Å²) < 4.78 is 17.5. The molecule has 0 N–H and O–H groups in total. The van der Waals surface area contributed by atoms with Gasteiger partial charge in [-0.2, -0.15) is 5.10 Å². The molecule has 7 nitrogen and oxygen atoms in total. The number of cyclic esters (lactones) is 1. The zero-order valence-electron chi connectivity index (χ0n) is 16.8. The van der Waals surface area contributed by atoms with E-state index in [0.717, 1.165) is 11.1 Å². The zero-order valence-corrected chi connectivity index (χ0v) is 16.8. The minimum Gasteiger partial charge on any atom is -0.497 e. The lowest BCUT2D eigenvalue weighted by Crippen LogP contribution is -2.22. The van der Waals surface area contributed by atoms with Crippen molar-refractivity contribution in [2.24, 2.45) is 0 Å². The first-order valence-electron chi connectivity index (χ1n) is 9.71. The van der Waals surface area contributed by atoms with Gasteiger partial charge in [-0.1, -0.05) is 42.5 Å². The van der Waals surface area contributed by atoms with Gasteiger partial charge < -0.3 is 14.2 Å². The SMILES string of the molecule is COc1cccc(-c2nn(Cc3ccccc3)cc2C(=O)OC2CC(C)OC2=O)c1. The lowest BCUT2D eigenvalue weighted by Gasteiger charge is -2.08. The summed E-state index contributed by atoms with van der Waals surface area (Å²) in [6.45, 7) is 2.26. The number of ether oxygens (including phenoxy) is 3. The van der Waals surface area contributed by atoms with Crippen LogP contribution >= 0.6 is 0 Å². The molecule has 2 aromatic carbocycles. The maximum atomic E-state index is 13.0. The minimum atomic E-state index is -0.900. The molecular formula is C23H22N2O5. The Balaban J connectivity index is 1.67. The third kappa shape index (κ3) is 4.20. The second kappa shape index (κ2) is 8.41. The van der Waals surface area contributed by atoms with Gasteiger partial charge in [-0.25, -0.2) is 9.59 Å². The fourth-order valence-corrected chi connectivity index (χ4v) is 3.41. The van der Waals surface area contributed by atoms with Crippen molar-refractivity contribution in [2.45, 2.75) is 32.1 Å². The van der Waals surface area contributed by atoms with Crippen LogP contribution < -0.4 is 4.74 Å². The summed E-state index contributed by atoms with van der Waals surface area (Å²) in [4.78, 5) is 24.9. The molecule has 7 heteroatoms. The molecule has 0 amide bonds. The molecule has 2 unspecified atom stereocenters. The van der Waals surface area contributed by atoms with Gasteiger partial charge in [0.1, 0.15) is 23.1 Å². The maximum Gasteiger partial charge on any atom is 0.347 e. The third-order valence-electron chi connectivity index (χ3n) is 4.89. The van der Waals surface area contributed by atoms with Gasteiger partial charge in [-0.3, -0.25) is 4.68 Å². The lowest BCUT2D eigenvalue weighted by atomic mass is 10.1. The summed E-state index contributed by atoms with van der Waals surface area (Å²) >= 11 is 0. The summed E-state index contributed by atoms with van der Waals surface area (Å²) in [5.41, 5.74) is 2.52. The molecule has 1 saturated heterocycles. The van der Waals surface area contributed by atoms with E-state index in [4.69, 9.17) is 14.2 Å². The number of benzene rings is 2. The van der Waals surface area contributed by atoms with E-state index in [9.17, 15) is 9.59 Å². The molecule has 0 spiro atoms. The zero-order chi connectivity index (χ0) is 21.1. The van der Waals surface area contributed by atoms with Crippen molar-refractivity contribution in [3.63, 3.8) is 0 Å². The molecule has 1 aromatic heterocycles. The Morgan fingerprint density at radius 1 is 1.20 bits per heavy atom. The van der Waals surface area contributed by atoms with Gasteiger partial charge in [0.05, 0.1) is 13.7 Å². The maximum absolute atomic E-state index is 13.0. The fraction of sp³-hybridized carbons (Fsp3) is 0.261. The molecule has 2 atom stereocenters. The van der Waals surface area contributed by atoms with Crippen LogP contribution in [0.1, 0.15) is 29.3 Å². The van der Waals surface area contributed by atoms with E-state index >= 15 is 0 Å². The average Bonchev–Trinajstić information content (AvgIpc) is 3.31. The van der Waals surface area contributed by atoms with Crippen molar-refractivity contribution in [3.05, 3.63) is 71.9 Å². The molecule has 1 aliphatic rings. The van der Waals surface area contributed by atoms with Crippen LogP contribution in [0.4, 0.5) is 0 Å². The quantitative estimate of drug-likeness (QED) is 0.583. The van der Waals surface area contributed by atoms with Crippen molar-refractivity contribution < 1.29 is 23.8 Å². The highest BCUT2D eigenvalue weighted by molar-refractivity contribution is 5.97.